The van der Waals surface area contributed by atoms with E-state index < -0.39 is 11.9 Å². The normalized spacial score (nSPS) is 9.50. The highest BCUT2D eigenvalue weighted by Crippen LogP contribution is 2.10. The minimum atomic E-state index is -0.822. The number of hydrogen-bond donors (Lipinski definition) is 1. The number of amides is 1. The van der Waals surface area contributed by atoms with Gasteiger partial charge in [0.15, 0.2) is 5.69 Å². The van der Waals surface area contributed by atoms with Crippen molar-refractivity contribution >= 4 is 5.91 Å². The molecule has 0 unspecified atom stereocenters. The van der Waals surface area contributed by atoms with Crippen LogP contribution in [0.15, 0.2) is 6.20 Å². The summed E-state index contributed by atoms with van der Waals surface area (Å²) in [5, 5.41) is 0. The van der Waals surface area contributed by atoms with Crippen molar-refractivity contribution in [3.8, 4) is 5.88 Å². The first kappa shape index (κ1) is 8.38. The number of aromatic nitrogens is 2. The molecule has 5 nitrogen and oxygen atoms in total. The third-order valence-electron chi connectivity index (χ3n) is 1.14. The molecule has 0 aliphatic carbocycles. The summed E-state index contributed by atoms with van der Waals surface area (Å²) < 4.78 is 17.0. The van der Waals surface area contributed by atoms with Crippen LogP contribution in [-0.2, 0) is 0 Å². The molecule has 1 rings (SSSR count). The Labute approximate surface area is 67.4 Å². The van der Waals surface area contributed by atoms with E-state index in [1.54, 1.807) is 0 Å². The molecule has 0 fully saturated rings. The van der Waals surface area contributed by atoms with Crippen LogP contribution in [-0.4, -0.2) is 23.0 Å². The third-order valence-corrected chi connectivity index (χ3v) is 1.14. The van der Waals surface area contributed by atoms with Gasteiger partial charge in [-0.25, -0.2) is 4.98 Å². The predicted molar refractivity (Wildman–Crippen MR) is 37.1 cm³/mol. The zero-order chi connectivity index (χ0) is 9.14. The summed E-state index contributed by atoms with van der Waals surface area (Å²) in [5.74, 6) is -1.83. The molecule has 64 valence electrons. The molecule has 0 aliphatic rings. The van der Waals surface area contributed by atoms with Crippen LogP contribution in [0.4, 0.5) is 4.39 Å². The highest BCUT2D eigenvalue weighted by molar-refractivity contribution is 5.92. The van der Waals surface area contributed by atoms with Crippen LogP contribution in [0, 0.1) is 5.95 Å². The Morgan fingerprint density at radius 1 is 1.75 bits per heavy atom. The molecule has 0 aliphatic heterocycles. The van der Waals surface area contributed by atoms with Gasteiger partial charge in [-0.3, -0.25) is 4.79 Å². The number of hydrogen-bond acceptors (Lipinski definition) is 4. The first-order chi connectivity index (χ1) is 5.65. The number of rotatable bonds is 2. The monoisotopic (exact) mass is 171 g/mol. The fourth-order valence-corrected chi connectivity index (χ4v) is 0.663. The molecule has 1 amide bonds. The second-order valence-corrected chi connectivity index (χ2v) is 1.91. The zero-order valence-electron chi connectivity index (χ0n) is 6.24. The van der Waals surface area contributed by atoms with E-state index in [4.69, 9.17) is 5.73 Å². The van der Waals surface area contributed by atoms with Crippen molar-refractivity contribution in [1.29, 1.82) is 0 Å². The van der Waals surface area contributed by atoms with Gasteiger partial charge in [-0.1, -0.05) is 0 Å². The summed E-state index contributed by atoms with van der Waals surface area (Å²) in [4.78, 5) is 17.3. The quantitative estimate of drug-likeness (QED) is 0.663. The summed E-state index contributed by atoms with van der Waals surface area (Å²) >= 11 is 0. The lowest BCUT2D eigenvalue weighted by Crippen LogP contribution is -2.15. The average molecular weight is 171 g/mol. The molecule has 12 heavy (non-hydrogen) atoms. The van der Waals surface area contributed by atoms with Crippen LogP contribution in [0.1, 0.15) is 10.5 Å². The highest BCUT2D eigenvalue weighted by atomic mass is 19.1. The Morgan fingerprint density at radius 3 is 2.92 bits per heavy atom. The van der Waals surface area contributed by atoms with E-state index in [9.17, 15) is 9.18 Å². The maximum Gasteiger partial charge on any atom is 0.272 e. The number of carbonyl (C=O) groups excluding carboxylic acids is 1. The van der Waals surface area contributed by atoms with Crippen LogP contribution < -0.4 is 10.5 Å². The SMILES string of the molecule is COc1nc(F)cnc1C(N)=O. The van der Waals surface area contributed by atoms with E-state index in [1.807, 2.05) is 0 Å². The van der Waals surface area contributed by atoms with Crippen molar-refractivity contribution in [2.24, 2.45) is 5.73 Å². The lowest BCUT2D eigenvalue weighted by atomic mass is 10.4. The Bertz CT molecular complexity index is 316. The Balaban J connectivity index is 3.20. The zero-order valence-corrected chi connectivity index (χ0v) is 6.24. The topological polar surface area (TPSA) is 78.1 Å². The minimum absolute atomic E-state index is 0.182. The van der Waals surface area contributed by atoms with E-state index in [2.05, 4.69) is 14.7 Å². The molecule has 2 N–H and O–H groups in total. The van der Waals surface area contributed by atoms with Gasteiger partial charge in [0.25, 0.3) is 5.91 Å². The molecule has 1 aromatic heterocycles. The highest BCUT2D eigenvalue weighted by Gasteiger charge is 2.12. The molecule has 6 heteroatoms. The van der Waals surface area contributed by atoms with Gasteiger partial charge < -0.3 is 10.5 Å². The van der Waals surface area contributed by atoms with Gasteiger partial charge in [0, 0.05) is 0 Å². The summed E-state index contributed by atoms with van der Waals surface area (Å²) in [6.07, 6.45) is 0.794. The Kier molecular flexibility index (Phi) is 2.18. The van der Waals surface area contributed by atoms with Gasteiger partial charge in [0.1, 0.15) is 0 Å². The van der Waals surface area contributed by atoms with E-state index >= 15 is 0 Å². The van der Waals surface area contributed by atoms with Gasteiger partial charge >= 0.3 is 0 Å². The summed E-state index contributed by atoms with van der Waals surface area (Å²) in [6.45, 7) is 0. The van der Waals surface area contributed by atoms with Gasteiger partial charge in [-0.05, 0) is 0 Å². The average Bonchev–Trinajstić information content (AvgIpc) is 2.03. The van der Waals surface area contributed by atoms with E-state index in [0.29, 0.717) is 0 Å². The largest absolute Gasteiger partial charge is 0.479 e. The maximum atomic E-state index is 12.4. The summed E-state index contributed by atoms with van der Waals surface area (Å²) in [5.41, 5.74) is 4.71. The fourth-order valence-electron chi connectivity index (χ4n) is 0.663. The van der Waals surface area contributed by atoms with Crippen molar-refractivity contribution < 1.29 is 13.9 Å². The molecule has 0 spiro atoms. The first-order valence-corrected chi connectivity index (χ1v) is 3.01. The van der Waals surface area contributed by atoms with Crippen LogP contribution >= 0.6 is 0 Å². The number of nitrogens with two attached hydrogens (primary N) is 1. The molecular weight excluding hydrogens is 165 g/mol. The number of carbonyl (C=O) groups is 1. The second kappa shape index (κ2) is 3.12. The number of halogens is 1. The minimum Gasteiger partial charge on any atom is -0.479 e. The van der Waals surface area contributed by atoms with Gasteiger partial charge in [0.05, 0.1) is 13.3 Å². The Morgan fingerprint density at radius 2 is 2.42 bits per heavy atom. The standard InChI is InChI=1S/C6H6FN3O2/c1-12-6-4(5(8)11)9-2-3(7)10-6/h2H,1H3,(H2,8,11). The van der Waals surface area contributed by atoms with E-state index in [-0.39, 0.29) is 11.6 Å². The van der Waals surface area contributed by atoms with E-state index in [0.717, 1.165) is 6.20 Å². The number of nitrogens with zero attached hydrogens (tertiary/aromatic N) is 2. The maximum absolute atomic E-state index is 12.4. The number of methoxy groups -OCH3 is 1. The molecule has 0 saturated carbocycles. The van der Waals surface area contributed by atoms with Crippen molar-refractivity contribution in [3.05, 3.63) is 17.8 Å². The smallest absolute Gasteiger partial charge is 0.272 e. The molecule has 0 aromatic carbocycles. The van der Waals surface area contributed by atoms with Crippen molar-refractivity contribution in [3.63, 3.8) is 0 Å². The van der Waals surface area contributed by atoms with Crippen molar-refractivity contribution in [2.45, 2.75) is 0 Å². The van der Waals surface area contributed by atoms with Gasteiger partial charge in [-0.15, -0.1) is 0 Å². The molecule has 1 heterocycles. The molecule has 1 aromatic rings. The van der Waals surface area contributed by atoms with E-state index in [1.165, 1.54) is 7.11 Å². The first-order valence-electron chi connectivity index (χ1n) is 3.01. The third kappa shape index (κ3) is 1.47. The lowest BCUT2D eigenvalue weighted by molar-refractivity contribution is 0.0991. The van der Waals surface area contributed by atoms with Crippen LogP contribution in [0.3, 0.4) is 0 Å². The predicted octanol–water partition coefficient (Wildman–Crippen LogP) is -0.277. The van der Waals surface area contributed by atoms with Gasteiger partial charge in [-0.2, -0.15) is 9.37 Å². The molecule has 0 atom stereocenters. The number of primary amides is 1. The molecular formula is C6H6FN3O2. The molecule has 0 saturated heterocycles. The van der Waals surface area contributed by atoms with Crippen molar-refractivity contribution in [2.75, 3.05) is 7.11 Å². The van der Waals surface area contributed by atoms with Crippen molar-refractivity contribution in [1.82, 2.24) is 9.97 Å². The van der Waals surface area contributed by atoms with Crippen LogP contribution in [0.25, 0.3) is 0 Å². The number of ether oxygens (including phenoxy) is 1. The second-order valence-electron chi connectivity index (χ2n) is 1.91. The molecule has 0 radical (unpaired) electrons. The Hall–Kier alpha value is -1.72. The molecule has 0 bridgehead atoms. The lowest BCUT2D eigenvalue weighted by Gasteiger charge is -2.01. The van der Waals surface area contributed by atoms with Gasteiger partial charge in [0.2, 0.25) is 11.8 Å². The van der Waals surface area contributed by atoms with Crippen LogP contribution in [0.5, 0.6) is 5.88 Å². The summed E-state index contributed by atoms with van der Waals surface area (Å²) in [7, 11) is 1.25. The summed E-state index contributed by atoms with van der Waals surface area (Å²) in [6, 6.07) is 0. The fraction of sp³-hybridized carbons (Fsp3) is 0.167. The van der Waals surface area contributed by atoms with Crippen LogP contribution in [0.2, 0.25) is 0 Å².